The number of aromatic nitrogens is 1. The molecule has 0 saturated carbocycles. The lowest BCUT2D eigenvalue weighted by molar-refractivity contribution is 0.101. The summed E-state index contributed by atoms with van der Waals surface area (Å²) in [4.78, 5) is 12.1. The summed E-state index contributed by atoms with van der Waals surface area (Å²) in [5, 5.41) is 2.79. The molecular weight excluding hydrogens is 230 g/mol. The van der Waals surface area contributed by atoms with Crippen molar-refractivity contribution in [2.45, 2.75) is 0 Å². The highest BCUT2D eigenvalue weighted by atomic mass is 16.5. The molecule has 2 aromatic rings. The van der Waals surface area contributed by atoms with Gasteiger partial charge in [0.25, 0.3) is 5.91 Å². The first-order valence-electron chi connectivity index (χ1n) is 5.48. The molecule has 0 fully saturated rings. The Morgan fingerprint density at radius 1 is 1.39 bits per heavy atom. The fraction of sp³-hybridized carbons (Fsp3) is 0.154. The van der Waals surface area contributed by atoms with E-state index in [1.807, 2.05) is 12.1 Å². The summed E-state index contributed by atoms with van der Waals surface area (Å²) in [5.74, 6) is 0.395. The van der Waals surface area contributed by atoms with Gasteiger partial charge in [-0.2, -0.15) is 0 Å². The fourth-order valence-electron chi connectivity index (χ4n) is 1.75. The third kappa shape index (κ3) is 2.29. The lowest BCUT2D eigenvalue weighted by Gasteiger charge is -2.09. The summed E-state index contributed by atoms with van der Waals surface area (Å²) >= 11 is 0. The molecule has 5 nitrogen and oxygen atoms in total. The van der Waals surface area contributed by atoms with Crippen molar-refractivity contribution >= 4 is 17.3 Å². The number of nitrogens with two attached hydrogens (primary N) is 1. The van der Waals surface area contributed by atoms with Gasteiger partial charge in [0.15, 0.2) is 0 Å². The van der Waals surface area contributed by atoms with Crippen LogP contribution in [0.3, 0.4) is 0 Å². The van der Waals surface area contributed by atoms with E-state index in [1.54, 1.807) is 43.1 Å². The average molecular weight is 245 g/mol. The van der Waals surface area contributed by atoms with Gasteiger partial charge in [-0.25, -0.2) is 0 Å². The van der Waals surface area contributed by atoms with E-state index < -0.39 is 0 Å². The zero-order valence-corrected chi connectivity index (χ0v) is 10.3. The average Bonchev–Trinajstić information content (AvgIpc) is 2.69. The summed E-state index contributed by atoms with van der Waals surface area (Å²) in [6.07, 6.45) is 1.69. The van der Waals surface area contributed by atoms with Crippen LogP contribution in [0.5, 0.6) is 5.75 Å². The zero-order valence-electron chi connectivity index (χ0n) is 10.3. The molecular formula is C13H15N3O2. The molecule has 0 bridgehead atoms. The van der Waals surface area contributed by atoms with E-state index in [1.165, 1.54) is 0 Å². The number of hydrogen-bond donors (Lipinski definition) is 2. The van der Waals surface area contributed by atoms with E-state index >= 15 is 0 Å². The maximum absolute atomic E-state index is 12.1. The topological polar surface area (TPSA) is 69.3 Å². The molecule has 2 rings (SSSR count). The van der Waals surface area contributed by atoms with Crippen LogP contribution in [-0.4, -0.2) is 17.6 Å². The molecule has 94 valence electrons. The van der Waals surface area contributed by atoms with Gasteiger partial charge in [0.2, 0.25) is 0 Å². The predicted molar refractivity (Wildman–Crippen MR) is 70.8 cm³/mol. The molecule has 0 aliphatic heterocycles. The Balaban J connectivity index is 2.24. The van der Waals surface area contributed by atoms with E-state index in [0.717, 1.165) is 0 Å². The van der Waals surface area contributed by atoms with Crippen molar-refractivity contribution in [1.29, 1.82) is 0 Å². The summed E-state index contributed by atoms with van der Waals surface area (Å²) < 4.78 is 6.85. The van der Waals surface area contributed by atoms with Gasteiger partial charge in [0, 0.05) is 13.2 Å². The number of nitrogens with one attached hydrogen (secondary N) is 1. The van der Waals surface area contributed by atoms with Gasteiger partial charge in [-0.3, -0.25) is 4.79 Å². The monoisotopic (exact) mass is 245 g/mol. The number of para-hydroxylation sites is 2. The molecule has 0 unspecified atom stereocenters. The van der Waals surface area contributed by atoms with Crippen molar-refractivity contribution in [1.82, 2.24) is 4.57 Å². The molecule has 0 spiro atoms. The first kappa shape index (κ1) is 12.0. The minimum absolute atomic E-state index is 0.223. The lowest BCUT2D eigenvalue weighted by atomic mass is 10.2. The Hall–Kier alpha value is -2.43. The summed E-state index contributed by atoms with van der Waals surface area (Å²) in [6, 6.07) is 8.87. The van der Waals surface area contributed by atoms with Crippen LogP contribution in [-0.2, 0) is 7.05 Å². The number of carbonyl (C=O) groups is 1. The summed E-state index contributed by atoms with van der Waals surface area (Å²) in [7, 11) is 3.33. The highest BCUT2D eigenvalue weighted by molar-refractivity contribution is 6.04. The number of carbonyl (C=O) groups excluding carboxylic acids is 1. The second kappa shape index (κ2) is 4.83. The number of ether oxygens (including phenoxy) is 1. The molecule has 0 saturated heterocycles. The Labute approximate surface area is 105 Å². The Morgan fingerprint density at radius 3 is 2.72 bits per heavy atom. The van der Waals surface area contributed by atoms with Gasteiger partial charge in [-0.1, -0.05) is 12.1 Å². The van der Waals surface area contributed by atoms with Crippen molar-refractivity contribution in [3.63, 3.8) is 0 Å². The van der Waals surface area contributed by atoms with Crippen LogP contribution in [0.1, 0.15) is 10.5 Å². The standard InChI is InChI=1S/C13H15N3O2/c1-16-8-9(14)7-11(16)13(17)15-10-5-3-4-6-12(10)18-2/h3-8H,14H2,1-2H3,(H,15,17). The van der Waals surface area contributed by atoms with Crippen molar-refractivity contribution in [2.24, 2.45) is 7.05 Å². The zero-order chi connectivity index (χ0) is 13.1. The van der Waals surface area contributed by atoms with Crippen LogP contribution in [0, 0.1) is 0 Å². The smallest absolute Gasteiger partial charge is 0.272 e. The number of nitrogen functional groups attached to an aromatic ring is 1. The van der Waals surface area contributed by atoms with Gasteiger partial charge in [-0.15, -0.1) is 0 Å². The molecule has 1 amide bonds. The Bertz CT molecular complexity index is 575. The number of benzene rings is 1. The predicted octanol–water partition coefficient (Wildman–Crippen LogP) is 1.87. The van der Waals surface area contributed by atoms with Crippen LogP contribution < -0.4 is 15.8 Å². The third-order valence-corrected chi connectivity index (χ3v) is 2.61. The SMILES string of the molecule is COc1ccccc1NC(=O)c1cc(N)cn1C. The molecule has 0 atom stereocenters. The van der Waals surface area contributed by atoms with Crippen LogP contribution >= 0.6 is 0 Å². The minimum Gasteiger partial charge on any atom is -0.495 e. The first-order valence-corrected chi connectivity index (χ1v) is 5.48. The number of nitrogens with zero attached hydrogens (tertiary/aromatic N) is 1. The second-order valence-corrected chi connectivity index (χ2v) is 3.92. The van der Waals surface area contributed by atoms with Crippen LogP contribution in [0.4, 0.5) is 11.4 Å². The quantitative estimate of drug-likeness (QED) is 0.867. The van der Waals surface area contributed by atoms with Gasteiger partial charge < -0.3 is 20.4 Å². The van der Waals surface area contributed by atoms with Gasteiger partial charge in [-0.05, 0) is 18.2 Å². The summed E-state index contributed by atoms with van der Waals surface area (Å²) in [6.45, 7) is 0. The van der Waals surface area contributed by atoms with Gasteiger partial charge in [0.05, 0.1) is 18.5 Å². The van der Waals surface area contributed by atoms with E-state index in [4.69, 9.17) is 10.5 Å². The molecule has 5 heteroatoms. The van der Waals surface area contributed by atoms with Crippen molar-refractivity contribution in [3.8, 4) is 5.75 Å². The van der Waals surface area contributed by atoms with E-state index in [9.17, 15) is 4.79 Å². The Morgan fingerprint density at radius 2 is 2.11 bits per heavy atom. The highest BCUT2D eigenvalue weighted by Crippen LogP contribution is 2.23. The largest absolute Gasteiger partial charge is 0.495 e. The fourth-order valence-corrected chi connectivity index (χ4v) is 1.75. The van der Waals surface area contributed by atoms with Crippen LogP contribution in [0.25, 0.3) is 0 Å². The van der Waals surface area contributed by atoms with Crippen molar-refractivity contribution < 1.29 is 9.53 Å². The second-order valence-electron chi connectivity index (χ2n) is 3.92. The molecule has 1 heterocycles. The molecule has 0 aliphatic rings. The maximum Gasteiger partial charge on any atom is 0.272 e. The van der Waals surface area contributed by atoms with E-state index in [2.05, 4.69) is 5.32 Å². The normalized spacial score (nSPS) is 10.1. The van der Waals surface area contributed by atoms with Crippen LogP contribution in [0.15, 0.2) is 36.5 Å². The number of amides is 1. The molecule has 1 aromatic carbocycles. The molecule has 0 aliphatic carbocycles. The number of methoxy groups -OCH3 is 1. The number of aryl methyl sites for hydroxylation is 1. The number of rotatable bonds is 3. The number of hydrogen-bond acceptors (Lipinski definition) is 3. The summed E-state index contributed by atoms with van der Waals surface area (Å²) in [5.41, 5.74) is 7.33. The van der Waals surface area contributed by atoms with Gasteiger partial charge in [0.1, 0.15) is 11.4 Å². The van der Waals surface area contributed by atoms with Crippen LogP contribution in [0.2, 0.25) is 0 Å². The molecule has 3 N–H and O–H groups in total. The first-order chi connectivity index (χ1) is 8.61. The van der Waals surface area contributed by atoms with Crippen molar-refractivity contribution in [3.05, 3.63) is 42.2 Å². The molecule has 1 aromatic heterocycles. The van der Waals surface area contributed by atoms with E-state index in [-0.39, 0.29) is 5.91 Å². The minimum atomic E-state index is -0.223. The number of anilines is 2. The van der Waals surface area contributed by atoms with Gasteiger partial charge >= 0.3 is 0 Å². The Kier molecular flexibility index (Phi) is 3.23. The highest BCUT2D eigenvalue weighted by Gasteiger charge is 2.12. The molecule has 18 heavy (non-hydrogen) atoms. The molecule has 0 radical (unpaired) electrons. The van der Waals surface area contributed by atoms with Crippen molar-refractivity contribution in [2.75, 3.05) is 18.2 Å². The lowest BCUT2D eigenvalue weighted by Crippen LogP contribution is -2.15. The maximum atomic E-state index is 12.1. The third-order valence-electron chi connectivity index (χ3n) is 2.61. The van der Waals surface area contributed by atoms with E-state index in [0.29, 0.717) is 22.8 Å².